The van der Waals surface area contributed by atoms with Crippen LogP contribution in [0.15, 0.2) is 83.9 Å². The summed E-state index contributed by atoms with van der Waals surface area (Å²) in [6, 6.07) is 20.0. The van der Waals surface area contributed by atoms with Crippen molar-refractivity contribution in [1.82, 2.24) is 14.6 Å². The molecule has 3 aromatic carbocycles. The molecule has 43 heavy (non-hydrogen) atoms. The molecular weight excluding hydrogens is 564 g/mol. The van der Waals surface area contributed by atoms with E-state index in [9.17, 15) is 18.0 Å². The highest BCUT2D eigenvalue weighted by Crippen LogP contribution is 2.32. The second-order valence-electron chi connectivity index (χ2n) is 11.1. The van der Waals surface area contributed by atoms with Crippen molar-refractivity contribution in [1.29, 1.82) is 0 Å². The van der Waals surface area contributed by atoms with Crippen LogP contribution in [0.25, 0.3) is 10.9 Å². The van der Waals surface area contributed by atoms with Gasteiger partial charge in [0.15, 0.2) is 0 Å². The molecule has 0 radical (unpaired) electrons. The third kappa shape index (κ3) is 6.60. The van der Waals surface area contributed by atoms with Crippen LogP contribution < -0.4 is 15.0 Å². The first-order valence-corrected chi connectivity index (χ1v) is 16.0. The number of carbonyl (C=O) groups excluding carboxylic acids is 2. The maximum atomic E-state index is 14.4. The van der Waals surface area contributed by atoms with Crippen LogP contribution in [-0.2, 0) is 26.0 Å². The number of methoxy groups -OCH3 is 1. The number of anilines is 1. The van der Waals surface area contributed by atoms with E-state index in [1.165, 1.54) is 31.1 Å². The number of carbonyl (C=O) groups is 2. The van der Waals surface area contributed by atoms with Crippen LogP contribution in [0.4, 0.5) is 5.69 Å². The molecule has 9 nitrogen and oxygen atoms in total. The summed E-state index contributed by atoms with van der Waals surface area (Å²) < 4.78 is 32.1. The zero-order chi connectivity index (χ0) is 30.6. The number of sulfonamides is 1. The van der Waals surface area contributed by atoms with Crippen molar-refractivity contribution in [3.05, 3.63) is 90.1 Å². The van der Waals surface area contributed by atoms with Gasteiger partial charge in [-0.3, -0.25) is 14.5 Å². The Balaban J connectivity index is 1.59. The number of nitrogens with one attached hydrogen (secondary N) is 2. The van der Waals surface area contributed by atoms with Gasteiger partial charge in [0.2, 0.25) is 21.8 Å². The van der Waals surface area contributed by atoms with E-state index in [1.54, 1.807) is 43.5 Å². The largest absolute Gasteiger partial charge is 0.497 e. The summed E-state index contributed by atoms with van der Waals surface area (Å²) in [5.41, 5.74) is 2.75. The summed E-state index contributed by atoms with van der Waals surface area (Å²) >= 11 is 0. The maximum absolute atomic E-state index is 14.4. The first-order chi connectivity index (χ1) is 20.7. The number of ether oxygens (including phenoxy) is 1. The van der Waals surface area contributed by atoms with Crippen LogP contribution in [0.5, 0.6) is 5.75 Å². The molecule has 0 spiro atoms. The third-order valence-electron chi connectivity index (χ3n) is 8.07. The van der Waals surface area contributed by atoms with E-state index in [0.717, 1.165) is 52.9 Å². The van der Waals surface area contributed by atoms with Gasteiger partial charge in [0, 0.05) is 42.9 Å². The van der Waals surface area contributed by atoms with Crippen molar-refractivity contribution in [2.75, 3.05) is 26.1 Å². The molecule has 0 saturated heterocycles. The fourth-order valence-electron chi connectivity index (χ4n) is 5.68. The molecular formula is C33H38N4O5S. The van der Waals surface area contributed by atoms with Gasteiger partial charge in [-0.25, -0.2) is 12.7 Å². The van der Waals surface area contributed by atoms with Crippen LogP contribution in [0.2, 0.25) is 0 Å². The Morgan fingerprint density at radius 1 is 0.953 bits per heavy atom. The third-order valence-corrected chi connectivity index (χ3v) is 9.90. The molecule has 1 aliphatic carbocycles. The number of aromatic amines is 1. The molecule has 1 heterocycles. The van der Waals surface area contributed by atoms with Crippen LogP contribution in [0.1, 0.15) is 49.3 Å². The fourth-order valence-corrected chi connectivity index (χ4v) is 6.59. The van der Waals surface area contributed by atoms with Gasteiger partial charge in [-0.05, 0) is 66.4 Å². The van der Waals surface area contributed by atoms with Gasteiger partial charge in [0.25, 0.3) is 0 Å². The van der Waals surface area contributed by atoms with Crippen molar-refractivity contribution in [2.45, 2.75) is 55.5 Å². The number of hydrogen-bond donors (Lipinski definition) is 2. The number of para-hydroxylation sites is 1. The van der Waals surface area contributed by atoms with E-state index in [0.29, 0.717) is 17.0 Å². The Morgan fingerprint density at radius 2 is 1.63 bits per heavy atom. The van der Waals surface area contributed by atoms with Crippen LogP contribution in [-0.4, -0.2) is 56.8 Å². The molecule has 1 atom stereocenters. The SMILES string of the molecule is COc1ccc([C@H](C(=O)NC2CCCCC2)N(C(=O)Cc2c[nH]c3ccccc23)c2ccc(S(=O)(=O)N(C)C)cc2)cc1. The van der Waals surface area contributed by atoms with Gasteiger partial charge < -0.3 is 15.0 Å². The summed E-state index contributed by atoms with van der Waals surface area (Å²) in [7, 11) is 0.820. The average molecular weight is 603 g/mol. The van der Waals surface area contributed by atoms with E-state index in [4.69, 9.17) is 4.74 Å². The highest BCUT2D eigenvalue weighted by molar-refractivity contribution is 7.89. The highest BCUT2D eigenvalue weighted by Gasteiger charge is 2.34. The van der Waals surface area contributed by atoms with Gasteiger partial charge in [0.1, 0.15) is 11.8 Å². The number of rotatable bonds is 10. The topological polar surface area (TPSA) is 112 Å². The first-order valence-electron chi connectivity index (χ1n) is 14.5. The molecule has 10 heteroatoms. The minimum Gasteiger partial charge on any atom is -0.497 e. The molecule has 5 rings (SSSR count). The Hall–Kier alpha value is -4.15. The first kappa shape index (κ1) is 30.3. The molecule has 0 unspecified atom stereocenters. The van der Waals surface area contributed by atoms with Crippen molar-refractivity contribution >= 4 is 38.4 Å². The fraction of sp³-hybridized carbons (Fsp3) is 0.333. The molecule has 2 N–H and O–H groups in total. The van der Waals surface area contributed by atoms with E-state index >= 15 is 0 Å². The van der Waals surface area contributed by atoms with Gasteiger partial charge in [-0.2, -0.15) is 0 Å². The predicted molar refractivity (Wildman–Crippen MR) is 168 cm³/mol. The molecule has 226 valence electrons. The van der Waals surface area contributed by atoms with E-state index in [1.807, 2.05) is 30.5 Å². The van der Waals surface area contributed by atoms with E-state index in [-0.39, 0.29) is 29.2 Å². The molecule has 4 aromatic rings. The smallest absolute Gasteiger partial charge is 0.248 e. The number of fused-ring (bicyclic) bond motifs is 1. The lowest BCUT2D eigenvalue weighted by Gasteiger charge is -2.33. The molecule has 2 amide bonds. The number of H-pyrrole nitrogens is 1. The van der Waals surface area contributed by atoms with Crippen LogP contribution in [0.3, 0.4) is 0 Å². The summed E-state index contributed by atoms with van der Waals surface area (Å²) in [4.78, 5) is 33.3. The van der Waals surface area contributed by atoms with Gasteiger partial charge in [-0.15, -0.1) is 0 Å². The minimum atomic E-state index is -3.69. The normalized spacial score (nSPS) is 14.9. The number of aromatic nitrogens is 1. The number of nitrogens with zero attached hydrogens (tertiary/aromatic N) is 2. The lowest BCUT2D eigenvalue weighted by atomic mass is 9.94. The van der Waals surface area contributed by atoms with Crippen LogP contribution >= 0.6 is 0 Å². The second kappa shape index (κ2) is 13.0. The number of hydrogen-bond acceptors (Lipinski definition) is 5. The second-order valence-corrected chi connectivity index (χ2v) is 13.3. The molecule has 1 aromatic heterocycles. The monoisotopic (exact) mass is 602 g/mol. The maximum Gasteiger partial charge on any atom is 0.248 e. The Kier molecular flexibility index (Phi) is 9.17. The lowest BCUT2D eigenvalue weighted by molar-refractivity contribution is -0.127. The van der Waals surface area contributed by atoms with E-state index < -0.39 is 16.1 Å². The predicted octanol–water partition coefficient (Wildman–Crippen LogP) is 5.19. The Labute approximate surface area is 252 Å². The Bertz CT molecular complexity index is 1670. The molecule has 1 saturated carbocycles. The van der Waals surface area contributed by atoms with Gasteiger partial charge in [-0.1, -0.05) is 49.6 Å². The van der Waals surface area contributed by atoms with Gasteiger partial charge in [0.05, 0.1) is 18.4 Å². The summed E-state index contributed by atoms with van der Waals surface area (Å²) in [5, 5.41) is 4.14. The summed E-state index contributed by atoms with van der Waals surface area (Å²) in [5.74, 6) is 0.0482. The molecule has 1 aliphatic rings. The number of benzene rings is 3. The van der Waals surface area contributed by atoms with Crippen molar-refractivity contribution < 1.29 is 22.7 Å². The quantitative estimate of drug-likeness (QED) is 0.259. The lowest BCUT2D eigenvalue weighted by Crippen LogP contribution is -2.47. The van der Waals surface area contributed by atoms with Crippen molar-refractivity contribution in [3.8, 4) is 5.75 Å². The Morgan fingerprint density at radius 3 is 2.28 bits per heavy atom. The summed E-state index contributed by atoms with van der Waals surface area (Å²) in [6.45, 7) is 0. The van der Waals surface area contributed by atoms with Crippen LogP contribution in [0, 0.1) is 0 Å². The summed E-state index contributed by atoms with van der Waals surface area (Å²) in [6.07, 6.45) is 6.87. The van der Waals surface area contributed by atoms with Gasteiger partial charge >= 0.3 is 0 Å². The average Bonchev–Trinajstić information content (AvgIpc) is 3.42. The minimum absolute atomic E-state index is 0.0279. The number of amides is 2. The standard InChI is InChI=1S/C33H38N4O5S/c1-36(2)43(40,41)28-19-15-26(16-20-28)37(31(38)21-24-22-34-30-12-8-7-11-29(24)30)32(23-13-17-27(42-3)18-14-23)33(39)35-25-9-5-4-6-10-25/h7-8,11-20,22,25,32,34H,4-6,9-10,21H2,1-3H3,(H,35,39)/t32-/m1/s1. The zero-order valence-corrected chi connectivity index (χ0v) is 25.6. The van der Waals surface area contributed by atoms with Crippen molar-refractivity contribution in [3.63, 3.8) is 0 Å². The van der Waals surface area contributed by atoms with E-state index in [2.05, 4.69) is 10.3 Å². The highest BCUT2D eigenvalue weighted by atomic mass is 32.2. The zero-order valence-electron chi connectivity index (χ0n) is 24.7. The van der Waals surface area contributed by atoms with Crippen molar-refractivity contribution in [2.24, 2.45) is 0 Å². The molecule has 0 bridgehead atoms. The molecule has 1 fully saturated rings. The molecule has 0 aliphatic heterocycles.